The third kappa shape index (κ3) is 2.21. The molecule has 1 aliphatic rings. The summed E-state index contributed by atoms with van der Waals surface area (Å²) >= 11 is 0. The monoisotopic (exact) mass is 273 g/mol. The number of carbonyl (C=O) groups excluding carboxylic acids is 1. The summed E-state index contributed by atoms with van der Waals surface area (Å²) in [4.78, 5) is 14.6. The molecule has 2 aromatic heterocycles. The molecule has 2 atom stereocenters. The SMILES string of the molecule is C[C@@H]1CCCC[C@@H]1Nc1c(C(N)=O)nnc2[nH]ccc12. The highest BCUT2D eigenvalue weighted by Gasteiger charge is 2.24. The van der Waals surface area contributed by atoms with Gasteiger partial charge in [-0.15, -0.1) is 10.2 Å². The minimum atomic E-state index is -0.549. The average molecular weight is 273 g/mol. The molecule has 0 saturated heterocycles. The molecule has 20 heavy (non-hydrogen) atoms. The quantitative estimate of drug-likeness (QED) is 0.797. The number of rotatable bonds is 3. The fourth-order valence-electron chi connectivity index (χ4n) is 2.96. The van der Waals surface area contributed by atoms with Crippen molar-refractivity contribution in [3.63, 3.8) is 0 Å². The van der Waals surface area contributed by atoms with Crippen LogP contribution in [0.3, 0.4) is 0 Å². The van der Waals surface area contributed by atoms with Crippen LogP contribution in [0.5, 0.6) is 0 Å². The van der Waals surface area contributed by atoms with Crippen LogP contribution in [0.4, 0.5) is 5.69 Å². The number of amides is 1. The van der Waals surface area contributed by atoms with Gasteiger partial charge in [0.15, 0.2) is 11.3 Å². The van der Waals surface area contributed by atoms with Crippen LogP contribution in [0.15, 0.2) is 12.3 Å². The van der Waals surface area contributed by atoms with Crippen molar-refractivity contribution >= 4 is 22.6 Å². The van der Waals surface area contributed by atoms with Crippen molar-refractivity contribution in [3.05, 3.63) is 18.0 Å². The van der Waals surface area contributed by atoms with E-state index in [-0.39, 0.29) is 5.69 Å². The smallest absolute Gasteiger partial charge is 0.271 e. The Labute approximate surface area is 117 Å². The van der Waals surface area contributed by atoms with Crippen LogP contribution in [0.1, 0.15) is 43.1 Å². The van der Waals surface area contributed by atoms with Crippen molar-refractivity contribution < 1.29 is 4.79 Å². The number of aromatic amines is 1. The van der Waals surface area contributed by atoms with E-state index in [1.54, 1.807) is 6.20 Å². The van der Waals surface area contributed by atoms with Crippen LogP contribution < -0.4 is 11.1 Å². The fourth-order valence-corrected chi connectivity index (χ4v) is 2.96. The molecule has 0 spiro atoms. The molecule has 6 nitrogen and oxygen atoms in total. The Morgan fingerprint density at radius 1 is 1.40 bits per heavy atom. The van der Waals surface area contributed by atoms with Gasteiger partial charge in [0.25, 0.3) is 5.91 Å². The molecule has 3 rings (SSSR count). The highest BCUT2D eigenvalue weighted by atomic mass is 16.1. The second-order valence-electron chi connectivity index (χ2n) is 5.54. The maximum absolute atomic E-state index is 11.6. The normalized spacial score (nSPS) is 22.9. The summed E-state index contributed by atoms with van der Waals surface area (Å²) in [5.74, 6) is 0.0261. The molecule has 1 saturated carbocycles. The number of nitrogens with zero attached hydrogens (tertiary/aromatic N) is 2. The molecule has 4 N–H and O–H groups in total. The van der Waals surface area contributed by atoms with Gasteiger partial charge in [-0.1, -0.05) is 19.8 Å². The first-order chi connectivity index (χ1) is 9.66. The van der Waals surface area contributed by atoms with Crippen LogP contribution >= 0.6 is 0 Å². The molecule has 0 radical (unpaired) electrons. The number of nitrogens with two attached hydrogens (primary N) is 1. The molecule has 0 bridgehead atoms. The highest BCUT2D eigenvalue weighted by Crippen LogP contribution is 2.30. The second-order valence-corrected chi connectivity index (χ2v) is 5.54. The summed E-state index contributed by atoms with van der Waals surface area (Å²) in [5, 5.41) is 12.3. The van der Waals surface area contributed by atoms with Crippen LogP contribution in [0, 0.1) is 5.92 Å². The molecule has 2 heterocycles. The number of hydrogen-bond donors (Lipinski definition) is 3. The molecule has 0 aliphatic heterocycles. The molecule has 1 amide bonds. The lowest BCUT2D eigenvalue weighted by atomic mass is 9.85. The number of fused-ring (bicyclic) bond motifs is 1. The van der Waals surface area contributed by atoms with Gasteiger partial charge >= 0.3 is 0 Å². The molecule has 0 aromatic carbocycles. The van der Waals surface area contributed by atoms with E-state index >= 15 is 0 Å². The molecular formula is C14H19N5O. The summed E-state index contributed by atoms with van der Waals surface area (Å²) in [7, 11) is 0. The van der Waals surface area contributed by atoms with Gasteiger partial charge in [0.05, 0.1) is 5.69 Å². The molecule has 0 unspecified atom stereocenters. The topological polar surface area (TPSA) is 96.7 Å². The Balaban J connectivity index is 2.01. The van der Waals surface area contributed by atoms with E-state index in [0.29, 0.717) is 23.3 Å². The van der Waals surface area contributed by atoms with Gasteiger partial charge in [-0.25, -0.2) is 0 Å². The van der Waals surface area contributed by atoms with E-state index in [9.17, 15) is 4.79 Å². The summed E-state index contributed by atoms with van der Waals surface area (Å²) in [5.41, 5.74) is 7.02. The van der Waals surface area contributed by atoms with Gasteiger partial charge in [-0.3, -0.25) is 4.79 Å². The number of primary amides is 1. The lowest BCUT2D eigenvalue weighted by Crippen LogP contribution is -2.31. The lowest BCUT2D eigenvalue weighted by Gasteiger charge is -2.30. The third-order valence-electron chi connectivity index (χ3n) is 4.16. The summed E-state index contributed by atoms with van der Waals surface area (Å²) in [6.07, 6.45) is 6.59. The Hall–Kier alpha value is -2.11. The zero-order valence-corrected chi connectivity index (χ0v) is 11.5. The third-order valence-corrected chi connectivity index (χ3v) is 4.16. The van der Waals surface area contributed by atoms with Gasteiger partial charge in [-0.2, -0.15) is 0 Å². The first kappa shape index (κ1) is 12.9. The van der Waals surface area contributed by atoms with Crippen molar-refractivity contribution in [2.45, 2.75) is 38.6 Å². The standard InChI is InChI=1S/C14H19N5O/c1-8-4-2-3-5-10(8)17-11-9-6-7-16-14(9)19-18-12(11)13(15)20/h6-8,10H,2-5H2,1H3,(H2,15,20)(H2,16,17,19)/t8-,10+/m1/s1. The largest absolute Gasteiger partial charge is 0.379 e. The van der Waals surface area contributed by atoms with Crippen molar-refractivity contribution in [2.24, 2.45) is 11.7 Å². The van der Waals surface area contributed by atoms with E-state index in [1.165, 1.54) is 19.3 Å². The van der Waals surface area contributed by atoms with Crippen molar-refractivity contribution in [3.8, 4) is 0 Å². The predicted molar refractivity (Wildman–Crippen MR) is 77.4 cm³/mol. The minimum absolute atomic E-state index is 0.217. The van der Waals surface area contributed by atoms with Crippen molar-refractivity contribution in [1.29, 1.82) is 0 Å². The number of hydrogen-bond acceptors (Lipinski definition) is 4. The molecule has 2 aromatic rings. The Morgan fingerprint density at radius 3 is 2.95 bits per heavy atom. The second kappa shape index (κ2) is 5.11. The van der Waals surface area contributed by atoms with Crippen molar-refractivity contribution in [1.82, 2.24) is 15.2 Å². The Morgan fingerprint density at radius 2 is 2.20 bits per heavy atom. The number of H-pyrrole nitrogens is 1. The maximum atomic E-state index is 11.6. The van der Waals surface area contributed by atoms with Crippen LogP contribution in [-0.4, -0.2) is 27.1 Å². The number of carbonyl (C=O) groups is 1. The van der Waals surface area contributed by atoms with Gasteiger partial charge in [0, 0.05) is 17.6 Å². The van der Waals surface area contributed by atoms with E-state index < -0.39 is 5.91 Å². The van der Waals surface area contributed by atoms with E-state index in [2.05, 4.69) is 27.4 Å². The lowest BCUT2D eigenvalue weighted by molar-refractivity contribution is 0.0995. The minimum Gasteiger partial charge on any atom is -0.379 e. The number of anilines is 1. The van der Waals surface area contributed by atoms with E-state index in [0.717, 1.165) is 11.8 Å². The fraction of sp³-hybridized carbons (Fsp3) is 0.500. The Bertz CT molecular complexity index is 636. The Kier molecular flexibility index (Phi) is 3.30. The van der Waals surface area contributed by atoms with Crippen LogP contribution in [0.2, 0.25) is 0 Å². The van der Waals surface area contributed by atoms with Crippen molar-refractivity contribution in [2.75, 3.05) is 5.32 Å². The average Bonchev–Trinajstić information content (AvgIpc) is 2.90. The number of nitrogens with one attached hydrogen (secondary N) is 2. The van der Waals surface area contributed by atoms with Gasteiger partial charge in [0.2, 0.25) is 0 Å². The molecule has 106 valence electrons. The first-order valence-electron chi connectivity index (χ1n) is 7.07. The maximum Gasteiger partial charge on any atom is 0.271 e. The summed E-state index contributed by atoms with van der Waals surface area (Å²) < 4.78 is 0. The summed E-state index contributed by atoms with van der Waals surface area (Å²) in [6.45, 7) is 2.24. The van der Waals surface area contributed by atoms with Gasteiger partial charge in [0.1, 0.15) is 0 Å². The number of aromatic nitrogens is 3. The summed E-state index contributed by atoms with van der Waals surface area (Å²) in [6, 6.07) is 2.25. The van der Waals surface area contributed by atoms with Gasteiger partial charge < -0.3 is 16.0 Å². The van der Waals surface area contributed by atoms with Gasteiger partial charge in [-0.05, 0) is 24.8 Å². The first-order valence-corrected chi connectivity index (χ1v) is 7.07. The van der Waals surface area contributed by atoms with E-state index in [4.69, 9.17) is 5.73 Å². The molecular weight excluding hydrogens is 254 g/mol. The molecule has 1 aliphatic carbocycles. The molecule has 6 heteroatoms. The zero-order valence-electron chi connectivity index (χ0n) is 11.5. The molecule has 1 fully saturated rings. The highest BCUT2D eigenvalue weighted by molar-refractivity contribution is 6.04. The predicted octanol–water partition coefficient (Wildman–Crippen LogP) is 2.05. The van der Waals surface area contributed by atoms with Crippen LogP contribution in [0.25, 0.3) is 11.0 Å². The van der Waals surface area contributed by atoms with Crippen LogP contribution in [-0.2, 0) is 0 Å². The zero-order chi connectivity index (χ0) is 14.1. The van der Waals surface area contributed by atoms with E-state index in [1.807, 2.05) is 6.07 Å².